The summed E-state index contributed by atoms with van der Waals surface area (Å²) < 4.78 is 5.26. The van der Waals surface area contributed by atoms with Crippen molar-refractivity contribution in [2.75, 3.05) is 10.6 Å². The fourth-order valence-electron chi connectivity index (χ4n) is 1.74. The van der Waals surface area contributed by atoms with Gasteiger partial charge < -0.3 is 21.1 Å². The maximum atomic E-state index is 12.1. The van der Waals surface area contributed by atoms with E-state index < -0.39 is 5.97 Å². The minimum Gasteiger partial charge on any atom is -0.421 e. The fourth-order valence-corrected chi connectivity index (χ4v) is 1.74. The van der Waals surface area contributed by atoms with Gasteiger partial charge in [0.1, 0.15) is 0 Å². The zero-order chi connectivity index (χ0) is 15.9. The summed E-state index contributed by atoms with van der Waals surface area (Å²) in [6.45, 7) is 0. The number of nitrogens with one attached hydrogen (secondary N) is 3. The van der Waals surface area contributed by atoms with Gasteiger partial charge >= 0.3 is 5.97 Å². The number of hydrogen-bond donors (Lipinski definition) is 4. The van der Waals surface area contributed by atoms with Gasteiger partial charge in [-0.1, -0.05) is 12.1 Å². The van der Waals surface area contributed by atoms with E-state index in [9.17, 15) is 9.59 Å². The van der Waals surface area contributed by atoms with Gasteiger partial charge in [0.25, 0.3) is 0 Å². The third-order valence-electron chi connectivity index (χ3n) is 2.70. The van der Waals surface area contributed by atoms with Crippen molar-refractivity contribution in [3.63, 3.8) is 0 Å². The van der Waals surface area contributed by atoms with Gasteiger partial charge in [0, 0.05) is 5.69 Å². The number of esters is 1. The molecule has 0 aromatic heterocycles. The first-order valence-electron chi connectivity index (χ1n) is 6.32. The minimum absolute atomic E-state index is 0.191. The van der Waals surface area contributed by atoms with Crippen molar-refractivity contribution in [2.24, 2.45) is 5.73 Å². The van der Waals surface area contributed by atoms with E-state index >= 15 is 0 Å². The molecule has 2 aromatic rings. The van der Waals surface area contributed by atoms with Gasteiger partial charge in [-0.15, -0.1) is 0 Å². The molecule has 0 atom stereocenters. The lowest BCUT2D eigenvalue weighted by Crippen LogP contribution is -2.20. The Balaban J connectivity index is 2.12. The van der Waals surface area contributed by atoms with Crippen LogP contribution in [0.4, 0.5) is 11.4 Å². The Labute approximate surface area is 126 Å². The molecule has 2 rings (SSSR count). The van der Waals surface area contributed by atoms with E-state index in [-0.39, 0.29) is 11.7 Å². The van der Waals surface area contributed by atoms with Crippen LogP contribution in [0.2, 0.25) is 0 Å². The quantitative estimate of drug-likeness (QED) is 0.221. The van der Waals surface area contributed by atoms with Crippen molar-refractivity contribution in [3.05, 3.63) is 54.1 Å². The van der Waals surface area contributed by atoms with Crippen LogP contribution in [0.15, 0.2) is 48.5 Å². The molecule has 0 spiro atoms. The first-order valence-corrected chi connectivity index (χ1v) is 6.32. The van der Waals surface area contributed by atoms with E-state index in [1.54, 1.807) is 48.5 Å². The molecule has 0 heterocycles. The molecule has 7 heteroatoms. The summed E-state index contributed by atoms with van der Waals surface area (Å²) >= 11 is 0. The Morgan fingerprint density at radius 1 is 1.14 bits per heavy atom. The summed E-state index contributed by atoms with van der Waals surface area (Å²) in [5, 5.41) is 12.2. The zero-order valence-electron chi connectivity index (χ0n) is 11.5. The molecular weight excluding hydrogens is 284 g/mol. The van der Waals surface area contributed by atoms with Gasteiger partial charge in [-0.2, -0.15) is 0 Å². The minimum atomic E-state index is -0.561. The smallest absolute Gasteiger partial charge is 0.343 e. The van der Waals surface area contributed by atoms with Gasteiger partial charge in [0.2, 0.25) is 6.41 Å². The van der Waals surface area contributed by atoms with Crippen molar-refractivity contribution < 1.29 is 14.3 Å². The van der Waals surface area contributed by atoms with Crippen molar-refractivity contribution in [3.8, 4) is 5.75 Å². The number of carbonyl (C=O) groups is 2. The highest BCUT2D eigenvalue weighted by Gasteiger charge is 2.11. The number of hydrogen-bond acceptors (Lipinski definition) is 4. The summed E-state index contributed by atoms with van der Waals surface area (Å²) in [6.07, 6.45) is 0.509. The van der Waals surface area contributed by atoms with Crippen molar-refractivity contribution in [2.45, 2.75) is 0 Å². The largest absolute Gasteiger partial charge is 0.421 e. The average Bonchev–Trinajstić information content (AvgIpc) is 2.49. The van der Waals surface area contributed by atoms with Crippen LogP contribution in [0.1, 0.15) is 10.4 Å². The van der Waals surface area contributed by atoms with Crippen LogP contribution in [0.3, 0.4) is 0 Å². The highest BCUT2D eigenvalue weighted by atomic mass is 16.5. The van der Waals surface area contributed by atoms with Crippen molar-refractivity contribution in [1.82, 2.24) is 0 Å². The number of carbonyl (C=O) groups excluding carboxylic acids is 2. The first-order chi connectivity index (χ1) is 10.6. The van der Waals surface area contributed by atoms with E-state index in [1.807, 2.05) is 0 Å². The predicted octanol–water partition coefficient (Wildman–Crippen LogP) is 1.78. The number of guanidine groups is 1. The number of rotatable bonds is 5. The molecule has 0 aliphatic rings. The van der Waals surface area contributed by atoms with E-state index in [1.165, 1.54) is 0 Å². The standard InChI is InChI=1S/C15H14N4O3/c16-15(17)19-11-7-5-10(6-8-11)14(21)22-13-4-2-1-3-12(13)18-9-20/h1-9H,(H,18,20)(H4,16,17,19). The normalized spacial score (nSPS) is 9.64. The van der Waals surface area contributed by atoms with Crippen molar-refractivity contribution >= 4 is 29.7 Å². The molecule has 0 bridgehead atoms. The second-order valence-electron chi connectivity index (χ2n) is 4.26. The number of para-hydroxylation sites is 2. The highest BCUT2D eigenvalue weighted by Crippen LogP contribution is 2.24. The maximum Gasteiger partial charge on any atom is 0.343 e. The van der Waals surface area contributed by atoms with Gasteiger partial charge in [0.05, 0.1) is 11.3 Å². The highest BCUT2D eigenvalue weighted by molar-refractivity contribution is 5.94. The van der Waals surface area contributed by atoms with Gasteiger partial charge in [-0.25, -0.2) is 4.79 Å². The molecule has 5 N–H and O–H groups in total. The molecule has 1 amide bonds. The number of anilines is 2. The lowest BCUT2D eigenvalue weighted by Gasteiger charge is -2.09. The summed E-state index contributed by atoms with van der Waals surface area (Å²) in [6, 6.07) is 12.9. The molecule has 0 fully saturated rings. The first kappa shape index (κ1) is 15.0. The molecule has 0 radical (unpaired) electrons. The third-order valence-corrected chi connectivity index (χ3v) is 2.70. The van der Waals surface area contributed by atoms with E-state index in [4.69, 9.17) is 15.9 Å². The number of ether oxygens (including phenoxy) is 1. The van der Waals surface area contributed by atoms with E-state index in [0.717, 1.165) is 0 Å². The average molecular weight is 298 g/mol. The Morgan fingerprint density at radius 3 is 2.45 bits per heavy atom. The molecular formula is C15H14N4O3. The lowest BCUT2D eigenvalue weighted by atomic mass is 10.2. The fraction of sp³-hybridized carbons (Fsp3) is 0. The molecule has 0 aliphatic heterocycles. The van der Waals surface area contributed by atoms with Crippen LogP contribution in [-0.2, 0) is 4.79 Å². The molecule has 7 nitrogen and oxygen atoms in total. The van der Waals surface area contributed by atoms with Gasteiger partial charge in [0.15, 0.2) is 11.7 Å². The summed E-state index contributed by atoms with van der Waals surface area (Å²) in [5.41, 5.74) is 6.54. The number of nitrogens with two attached hydrogens (primary N) is 1. The molecule has 22 heavy (non-hydrogen) atoms. The maximum absolute atomic E-state index is 12.1. The second kappa shape index (κ2) is 6.89. The Bertz CT molecular complexity index is 698. The third kappa shape index (κ3) is 3.83. The monoisotopic (exact) mass is 298 g/mol. The van der Waals surface area contributed by atoms with E-state index in [0.29, 0.717) is 23.3 Å². The summed E-state index contributed by atoms with van der Waals surface area (Å²) in [4.78, 5) is 22.6. The van der Waals surface area contributed by atoms with Gasteiger partial charge in [-0.05, 0) is 36.4 Å². The molecule has 112 valence electrons. The lowest BCUT2D eigenvalue weighted by molar-refractivity contribution is -0.105. The topological polar surface area (TPSA) is 117 Å². The molecule has 0 unspecified atom stereocenters. The SMILES string of the molecule is N=C(N)Nc1ccc(C(=O)Oc2ccccc2NC=O)cc1. The van der Waals surface area contributed by atoms with Crippen molar-refractivity contribution in [1.29, 1.82) is 5.41 Å². The summed E-state index contributed by atoms with van der Waals surface area (Å²) in [5.74, 6) is -0.496. The second-order valence-corrected chi connectivity index (χ2v) is 4.26. The Hall–Kier alpha value is -3.35. The van der Waals surface area contributed by atoms with Crippen LogP contribution in [-0.4, -0.2) is 18.3 Å². The molecule has 0 saturated heterocycles. The Morgan fingerprint density at radius 2 is 1.82 bits per heavy atom. The van der Waals surface area contributed by atoms with Crippen LogP contribution in [0.25, 0.3) is 0 Å². The molecule has 2 aromatic carbocycles. The van der Waals surface area contributed by atoms with Crippen LogP contribution in [0.5, 0.6) is 5.75 Å². The van der Waals surface area contributed by atoms with E-state index in [2.05, 4.69) is 10.6 Å². The van der Waals surface area contributed by atoms with Crippen LogP contribution < -0.4 is 21.1 Å². The predicted molar refractivity (Wildman–Crippen MR) is 83.1 cm³/mol. The molecule has 0 aliphatic carbocycles. The number of benzene rings is 2. The zero-order valence-corrected chi connectivity index (χ0v) is 11.5. The van der Waals surface area contributed by atoms with Crippen LogP contribution >= 0.6 is 0 Å². The van der Waals surface area contributed by atoms with Gasteiger partial charge in [-0.3, -0.25) is 10.2 Å². The molecule has 0 saturated carbocycles. The Kier molecular flexibility index (Phi) is 4.71. The summed E-state index contributed by atoms with van der Waals surface area (Å²) in [7, 11) is 0. The number of amides is 1. The van der Waals surface area contributed by atoms with Crippen LogP contribution in [0, 0.1) is 5.41 Å².